The molecule has 0 radical (unpaired) electrons. The fraction of sp³-hybridized carbons (Fsp3) is 0.467. The molecule has 0 aromatic heterocycles. The van der Waals surface area contributed by atoms with Gasteiger partial charge in [-0.2, -0.15) is 0 Å². The molecule has 0 aliphatic heterocycles. The van der Waals surface area contributed by atoms with Gasteiger partial charge < -0.3 is 5.32 Å². The van der Waals surface area contributed by atoms with Crippen LogP contribution in [0.3, 0.4) is 0 Å². The quantitative estimate of drug-likeness (QED) is 0.820. The van der Waals surface area contributed by atoms with Gasteiger partial charge in [0.05, 0.1) is 12.6 Å². The second-order valence-corrected chi connectivity index (χ2v) is 5.62. The van der Waals surface area contributed by atoms with Gasteiger partial charge in [0.2, 0.25) is 5.91 Å². The number of nitrogens with zero attached hydrogens (tertiary/aromatic N) is 1. The number of halogens is 1. The minimum absolute atomic E-state index is 0.0264. The summed E-state index contributed by atoms with van der Waals surface area (Å²) >= 11 is 5.80. The molecule has 0 fully saturated rings. The van der Waals surface area contributed by atoms with E-state index < -0.39 is 0 Å². The molecule has 1 N–H and O–H groups in total. The maximum atomic E-state index is 12.3. The zero-order valence-corrected chi connectivity index (χ0v) is 13.1. The molecular weight excluding hydrogens is 276 g/mol. The van der Waals surface area contributed by atoms with Crippen LogP contribution in [0.15, 0.2) is 24.3 Å². The van der Waals surface area contributed by atoms with Crippen molar-refractivity contribution in [1.29, 1.82) is 0 Å². The number of benzene rings is 1. The average Bonchev–Trinajstić information content (AvgIpc) is 2.36. The van der Waals surface area contributed by atoms with Gasteiger partial charge in [-0.3, -0.25) is 14.5 Å². The van der Waals surface area contributed by atoms with Crippen molar-refractivity contribution in [3.63, 3.8) is 0 Å². The van der Waals surface area contributed by atoms with E-state index >= 15 is 0 Å². The van der Waals surface area contributed by atoms with E-state index in [1.807, 2.05) is 13.8 Å². The first kappa shape index (κ1) is 16.7. The van der Waals surface area contributed by atoms with Gasteiger partial charge in [-0.15, -0.1) is 0 Å². The Labute approximate surface area is 125 Å². The summed E-state index contributed by atoms with van der Waals surface area (Å²) in [6.07, 6.45) is 0. The molecule has 1 aromatic carbocycles. The highest BCUT2D eigenvalue weighted by Gasteiger charge is 2.21. The van der Waals surface area contributed by atoms with Crippen LogP contribution >= 0.6 is 11.6 Å². The highest BCUT2D eigenvalue weighted by molar-refractivity contribution is 6.30. The molecule has 0 aliphatic rings. The third-order valence-corrected chi connectivity index (χ3v) is 3.26. The third kappa shape index (κ3) is 4.94. The van der Waals surface area contributed by atoms with E-state index in [0.717, 1.165) is 0 Å². The zero-order chi connectivity index (χ0) is 15.3. The van der Waals surface area contributed by atoms with Crippen molar-refractivity contribution in [3.8, 4) is 0 Å². The number of amides is 1. The molecule has 0 spiro atoms. The molecular formula is C15H21ClN2O2. The van der Waals surface area contributed by atoms with Crippen molar-refractivity contribution < 1.29 is 9.59 Å². The molecule has 4 nitrogen and oxygen atoms in total. The number of carbonyl (C=O) groups is 2. The van der Waals surface area contributed by atoms with E-state index in [1.165, 1.54) is 0 Å². The predicted octanol–water partition coefficient (Wildman–Crippen LogP) is 2.37. The zero-order valence-electron chi connectivity index (χ0n) is 12.3. The topological polar surface area (TPSA) is 49.4 Å². The van der Waals surface area contributed by atoms with Crippen LogP contribution in [0.2, 0.25) is 5.02 Å². The van der Waals surface area contributed by atoms with E-state index in [1.54, 1.807) is 43.1 Å². The molecule has 20 heavy (non-hydrogen) atoms. The van der Waals surface area contributed by atoms with Crippen LogP contribution in [0.1, 0.15) is 31.1 Å². The number of hydrogen-bond donors (Lipinski definition) is 1. The van der Waals surface area contributed by atoms with E-state index in [-0.39, 0.29) is 30.3 Å². The molecule has 1 amide bonds. The van der Waals surface area contributed by atoms with Crippen molar-refractivity contribution in [2.45, 2.75) is 32.9 Å². The summed E-state index contributed by atoms with van der Waals surface area (Å²) in [5, 5.41) is 3.40. The van der Waals surface area contributed by atoms with Crippen LogP contribution in [0.25, 0.3) is 0 Å². The highest BCUT2D eigenvalue weighted by atomic mass is 35.5. The lowest BCUT2D eigenvalue weighted by atomic mass is 10.0. The van der Waals surface area contributed by atoms with Gasteiger partial charge in [0.25, 0.3) is 0 Å². The summed E-state index contributed by atoms with van der Waals surface area (Å²) in [4.78, 5) is 25.7. The Morgan fingerprint density at radius 2 is 1.75 bits per heavy atom. The van der Waals surface area contributed by atoms with Crippen LogP contribution in [-0.4, -0.2) is 42.3 Å². The predicted molar refractivity (Wildman–Crippen MR) is 81.2 cm³/mol. The van der Waals surface area contributed by atoms with Crippen molar-refractivity contribution in [3.05, 3.63) is 34.9 Å². The van der Waals surface area contributed by atoms with Gasteiger partial charge in [0.1, 0.15) is 0 Å². The van der Waals surface area contributed by atoms with Crippen molar-refractivity contribution in [1.82, 2.24) is 10.2 Å². The van der Waals surface area contributed by atoms with Gasteiger partial charge in [-0.05, 0) is 52.1 Å². The maximum absolute atomic E-state index is 12.3. The Bertz CT molecular complexity index is 471. The molecule has 1 atom stereocenters. The summed E-state index contributed by atoms with van der Waals surface area (Å²) in [5.41, 5.74) is 0.595. The van der Waals surface area contributed by atoms with Crippen LogP contribution in [0.5, 0.6) is 0 Å². The molecule has 5 heteroatoms. The second-order valence-electron chi connectivity index (χ2n) is 5.18. The standard InChI is InChI=1S/C15H21ClN2O2/c1-10(2)17-14(19)9-18(4)11(3)15(20)12-5-7-13(16)8-6-12/h5-8,10-11H,9H2,1-4H3,(H,17,19). The number of rotatable bonds is 6. The highest BCUT2D eigenvalue weighted by Crippen LogP contribution is 2.12. The summed E-state index contributed by atoms with van der Waals surface area (Å²) in [6, 6.07) is 6.50. The van der Waals surface area contributed by atoms with Crippen molar-refractivity contribution >= 4 is 23.3 Å². The van der Waals surface area contributed by atoms with Crippen LogP contribution in [0.4, 0.5) is 0 Å². The molecule has 0 bridgehead atoms. The molecule has 1 aromatic rings. The van der Waals surface area contributed by atoms with Crippen molar-refractivity contribution in [2.75, 3.05) is 13.6 Å². The molecule has 0 saturated carbocycles. The second kappa shape index (κ2) is 7.41. The lowest BCUT2D eigenvalue weighted by molar-refractivity contribution is -0.122. The lowest BCUT2D eigenvalue weighted by Gasteiger charge is -2.23. The molecule has 1 rings (SSSR count). The fourth-order valence-corrected chi connectivity index (χ4v) is 1.91. The van der Waals surface area contributed by atoms with E-state index in [9.17, 15) is 9.59 Å². The first-order chi connectivity index (χ1) is 9.31. The Kier molecular flexibility index (Phi) is 6.17. The molecule has 0 saturated heterocycles. The first-order valence-corrected chi connectivity index (χ1v) is 6.98. The maximum Gasteiger partial charge on any atom is 0.234 e. The molecule has 1 unspecified atom stereocenters. The van der Waals surface area contributed by atoms with Gasteiger partial charge in [0.15, 0.2) is 5.78 Å². The Morgan fingerprint density at radius 1 is 1.20 bits per heavy atom. The minimum Gasteiger partial charge on any atom is -0.353 e. The fourth-order valence-electron chi connectivity index (χ4n) is 1.79. The number of Topliss-reactive ketones (excluding diaryl/α,β-unsaturated/α-hetero) is 1. The third-order valence-electron chi connectivity index (χ3n) is 3.01. The Morgan fingerprint density at radius 3 is 2.25 bits per heavy atom. The largest absolute Gasteiger partial charge is 0.353 e. The van der Waals surface area contributed by atoms with E-state index in [0.29, 0.717) is 10.6 Å². The Balaban J connectivity index is 2.64. The van der Waals surface area contributed by atoms with Gasteiger partial charge >= 0.3 is 0 Å². The monoisotopic (exact) mass is 296 g/mol. The number of carbonyl (C=O) groups excluding carboxylic acids is 2. The Hall–Kier alpha value is -1.39. The number of hydrogen-bond acceptors (Lipinski definition) is 3. The number of ketones is 1. The summed E-state index contributed by atoms with van der Waals surface area (Å²) in [6.45, 7) is 5.79. The SMILES string of the molecule is CC(C)NC(=O)CN(C)C(C)C(=O)c1ccc(Cl)cc1. The van der Waals surface area contributed by atoms with Crippen LogP contribution in [-0.2, 0) is 4.79 Å². The van der Waals surface area contributed by atoms with Gasteiger partial charge in [0, 0.05) is 16.6 Å². The first-order valence-electron chi connectivity index (χ1n) is 6.60. The smallest absolute Gasteiger partial charge is 0.234 e. The van der Waals surface area contributed by atoms with Crippen molar-refractivity contribution in [2.24, 2.45) is 0 Å². The summed E-state index contributed by atoms with van der Waals surface area (Å²) in [7, 11) is 1.76. The minimum atomic E-state index is -0.367. The van der Waals surface area contributed by atoms with E-state index in [2.05, 4.69) is 5.32 Å². The molecule has 110 valence electrons. The summed E-state index contributed by atoms with van der Waals surface area (Å²) in [5.74, 6) is -0.111. The van der Waals surface area contributed by atoms with E-state index in [4.69, 9.17) is 11.6 Å². The van der Waals surface area contributed by atoms with Gasteiger partial charge in [-0.25, -0.2) is 0 Å². The summed E-state index contributed by atoms with van der Waals surface area (Å²) < 4.78 is 0. The molecule has 0 aliphatic carbocycles. The van der Waals surface area contributed by atoms with Crippen LogP contribution < -0.4 is 5.32 Å². The molecule has 0 heterocycles. The lowest BCUT2D eigenvalue weighted by Crippen LogP contribution is -2.44. The number of nitrogens with one attached hydrogen (secondary N) is 1. The van der Waals surface area contributed by atoms with Crippen LogP contribution in [0, 0.1) is 0 Å². The number of likely N-dealkylation sites (N-methyl/N-ethyl adjacent to an activating group) is 1. The average molecular weight is 297 g/mol. The van der Waals surface area contributed by atoms with Gasteiger partial charge in [-0.1, -0.05) is 11.6 Å². The normalized spacial score (nSPS) is 12.6.